The lowest BCUT2D eigenvalue weighted by Crippen LogP contribution is -2.76. The van der Waals surface area contributed by atoms with Crippen molar-refractivity contribution in [3.05, 3.63) is 23.3 Å². The number of benzene rings is 1. The van der Waals surface area contributed by atoms with E-state index in [1.54, 1.807) is 6.07 Å². The Balaban J connectivity index is 1.58. The van der Waals surface area contributed by atoms with Gasteiger partial charge in [-0.2, -0.15) is 0 Å². The monoisotopic (exact) mass is 341 g/mol. The molecular weight excluding hydrogens is 318 g/mol. The zero-order valence-corrected chi connectivity index (χ0v) is 14.2. The van der Waals surface area contributed by atoms with Crippen LogP contribution in [0.25, 0.3) is 0 Å². The van der Waals surface area contributed by atoms with Crippen molar-refractivity contribution in [2.75, 3.05) is 13.1 Å². The summed E-state index contributed by atoms with van der Waals surface area (Å²) in [5.74, 6) is 1.39. The second-order valence-corrected chi connectivity index (χ2v) is 8.72. The van der Waals surface area contributed by atoms with Crippen LogP contribution in [0.15, 0.2) is 12.1 Å². The Hall–Kier alpha value is -1.59. The minimum absolute atomic E-state index is 0.0454. The van der Waals surface area contributed by atoms with Crippen molar-refractivity contribution in [3.8, 4) is 11.5 Å². The molecule has 25 heavy (non-hydrogen) atoms. The Bertz CT molecular complexity index is 803. The zero-order chi connectivity index (χ0) is 17.0. The highest BCUT2D eigenvalue weighted by Crippen LogP contribution is 2.64. The van der Waals surface area contributed by atoms with Crippen molar-refractivity contribution < 1.29 is 19.7 Å². The van der Waals surface area contributed by atoms with Crippen LogP contribution in [0.4, 0.5) is 0 Å². The molecule has 2 unspecified atom stereocenters. The van der Waals surface area contributed by atoms with Gasteiger partial charge < -0.3 is 14.9 Å². The summed E-state index contributed by atoms with van der Waals surface area (Å²) in [5.41, 5.74) is 0.454. The Kier molecular flexibility index (Phi) is 2.55. The number of hydrogen-bond donors (Lipinski definition) is 2. The van der Waals surface area contributed by atoms with Crippen LogP contribution in [-0.2, 0) is 16.6 Å². The van der Waals surface area contributed by atoms with Gasteiger partial charge in [-0.15, -0.1) is 0 Å². The fourth-order valence-corrected chi connectivity index (χ4v) is 6.26. The highest BCUT2D eigenvalue weighted by atomic mass is 16.5. The Morgan fingerprint density at radius 1 is 1.28 bits per heavy atom. The average molecular weight is 341 g/mol. The number of phenols is 1. The van der Waals surface area contributed by atoms with E-state index in [1.807, 2.05) is 6.07 Å². The van der Waals surface area contributed by atoms with E-state index >= 15 is 0 Å². The second-order valence-electron chi connectivity index (χ2n) is 8.72. The van der Waals surface area contributed by atoms with Crippen LogP contribution in [0.3, 0.4) is 0 Å². The first-order valence-electron chi connectivity index (χ1n) is 9.56. The van der Waals surface area contributed by atoms with Crippen molar-refractivity contribution in [1.29, 1.82) is 0 Å². The lowest BCUT2D eigenvalue weighted by atomic mass is 9.49. The van der Waals surface area contributed by atoms with Crippen LogP contribution < -0.4 is 4.74 Å². The molecule has 5 aliphatic rings. The van der Waals surface area contributed by atoms with Crippen molar-refractivity contribution in [2.45, 2.75) is 61.7 Å². The molecule has 6 rings (SSSR count). The summed E-state index contributed by atoms with van der Waals surface area (Å²) in [6.07, 6.45) is 4.33. The quantitative estimate of drug-likeness (QED) is 0.854. The summed E-state index contributed by atoms with van der Waals surface area (Å²) in [4.78, 5) is 15.2. The Morgan fingerprint density at radius 3 is 2.92 bits per heavy atom. The topological polar surface area (TPSA) is 70.0 Å². The maximum Gasteiger partial charge on any atom is 0.174 e. The van der Waals surface area contributed by atoms with E-state index in [9.17, 15) is 15.0 Å². The number of aliphatic hydroxyl groups is 1. The van der Waals surface area contributed by atoms with E-state index in [4.69, 9.17) is 4.74 Å². The van der Waals surface area contributed by atoms with Crippen LogP contribution in [-0.4, -0.2) is 51.7 Å². The molecule has 5 nitrogen and oxygen atoms in total. The zero-order valence-electron chi connectivity index (χ0n) is 14.2. The summed E-state index contributed by atoms with van der Waals surface area (Å²) in [7, 11) is 0. The largest absolute Gasteiger partial charge is 0.504 e. The third kappa shape index (κ3) is 1.56. The van der Waals surface area contributed by atoms with Crippen molar-refractivity contribution in [1.82, 2.24) is 4.90 Å². The number of phenolic OH excluding ortho intramolecular Hbond substituents is 1. The summed E-state index contributed by atoms with van der Waals surface area (Å²) in [6.45, 7) is 1.95. The molecule has 2 saturated carbocycles. The van der Waals surface area contributed by atoms with E-state index in [-0.39, 0.29) is 17.6 Å². The summed E-state index contributed by atoms with van der Waals surface area (Å²) in [6, 6.07) is 3.69. The van der Waals surface area contributed by atoms with Gasteiger partial charge in [0, 0.05) is 24.6 Å². The van der Waals surface area contributed by atoms with Gasteiger partial charge in [0.05, 0.1) is 11.0 Å². The van der Waals surface area contributed by atoms with Crippen LogP contribution in [0.2, 0.25) is 0 Å². The fourth-order valence-electron chi connectivity index (χ4n) is 6.26. The van der Waals surface area contributed by atoms with Crippen molar-refractivity contribution in [3.63, 3.8) is 0 Å². The van der Waals surface area contributed by atoms with Gasteiger partial charge in [0.2, 0.25) is 0 Å². The number of aromatic hydroxyl groups is 1. The molecule has 1 aromatic rings. The van der Waals surface area contributed by atoms with Gasteiger partial charge in [-0.3, -0.25) is 9.69 Å². The highest BCUT2D eigenvalue weighted by Gasteiger charge is 2.73. The number of rotatable bonds is 2. The molecule has 0 radical (unpaired) electrons. The number of carbonyl (C=O) groups is 1. The summed E-state index contributed by atoms with van der Waals surface area (Å²) < 4.78 is 6.04. The average Bonchev–Trinajstić information content (AvgIpc) is 3.32. The smallest absolute Gasteiger partial charge is 0.174 e. The van der Waals surface area contributed by atoms with Crippen LogP contribution in [0.1, 0.15) is 43.2 Å². The van der Waals surface area contributed by atoms with Crippen LogP contribution in [0.5, 0.6) is 11.5 Å². The molecule has 3 fully saturated rings. The standard InChI is InChI=1S/C20H23NO4/c22-13-4-3-12-9-15-20(24)6-5-14(23)18-19(20,16(12)17(13)25-18)7-8-21(15)10-11-1-2-11/h3-4,11,15,18,22,24H,1-2,5-10H2/t15?,18?,19-,20+/m1/s1. The molecule has 5 heteroatoms. The molecule has 0 amide bonds. The number of Topliss-reactive ketones (excluding diaryl/α,β-unsaturated/α-hetero) is 1. The van der Waals surface area contributed by atoms with Gasteiger partial charge in [0.1, 0.15) is 0 Å². The van der Waals surface area contributed by atoms with Crippen molar-refractivity contribution >= 4 is 5.78 Å². The van der Waals surface area contributed by atoms with E-state index in [0.29, 0.717) is 18.6 Å². The number of hydrogen-bond acceptors (Lipinski definition) is 5. The predicted molar refractivity (Wildman–Crippen MR) is 89.8 cm³/mol. The van der Waals surface area contributed by atoms with Crippen LogP contribution in [0, 0.1) is 5.92 Å². The number of nitrogens with zero attached hydrogens (tertiary/aromatic N) is 1. The van der Waals surface area contributed by atoms with Gasteiger partial charge in [0.15, 0.2) is 23.4 Å². The molecule has 3 aliphatic carbocycles. The molecule has 132 valence electrons. The summed E-state index contributed by atoms with van der Waals surface area (Å²) in [5, 5.41) is 22.3. The SMILES string of the molecule is O=C1CC[C@]2(O)C3Cc4ccc(O)c5c4[C@]2(CCN3CC2CC2)C1O5. The van der Waals surface area contributed by atoms with Gasteiger partial charge >= 0.3 is 0 Å². The number of likely N-dealkylation sites (tertiary alicyclic amines) is 1. The first-order chi connectivity index (χ1) is 12.0. The van der Waals surface area contributed by atoms with Gasteiger partial charge in [-0.1, -0.05) is 6.07 Å². The second kappa shape index (κ2) is 4.38. The van der Waals surface area contributed by atoms with Gasteiger partial charge in [-0.25, -0.2) is 0 Å². The van der Waals surface area contributed by atoms with Gasteiger partial charge in [0.25, 0.3) is 0 Å². The number of ether oxygens (including phenoxy) is 1. The maximum atomic E-state index is 12.7. The Morgan fingerprint density at radius 2 is 2.12 bits per heavy atom. The molecule has 2 heterocycles. The van der Waals surface area contributed by atoms with E-state index in [2.05, 4.69) is 4.90 Å². The van der Waals surface area contributed by atoms with Crippen LogP contribution >= 0.6 is 0 Å². The first-order valence-corrected chi connectivity index (χ1v) is 9.56. The third-order valence-corrected chi connectivity index (χ3v) is 7.56. The number of ketones is 1. The lowest BCUT2D eigenvalue weighted by molar-refractivity contribution is -0.188. The minimum Gasteiger partial charge on any atom is -0.504 e. The Labute approximate surface area is 146 Å². The molecule has 2 aliphatic heterocycles. The molecule has 1 aromatic carbocycles. The maximum absolute atomic E-state index is 12.7. The van der Waals surface area contributed by atoms with E-state index in [1.165, 1.54) is 12.8 Å². The molecule has 2 bridgehead atoms. The minimum atomic E-state index is -0.940. The molecule has 1 saturated heterocycles. The normalized spacial score (nSPS) is 41.4. The molecule has 1 spiro atoms. The fraction of sp³-hybridized carbons (Fsp3) is 0.650. The molecular formula is C20H23NO4. The first kappa shape index (κ1) is 14.6. The third-order valence-electron chi connectivity index (χ3n) is 7.56. The molecule has 0 aromatic heterocycles. The van der Waals surface area contributed by atoms with E-state index in [0.717, 1.165) is 43.0 Å². The number of carbonyl (C=O) groups excluding carboxylic acids is 1. The highest BCUT2D eigenvalue weighted by molar-refractivity contribution is 5.90. The molecule has 2 N–H and O–H groups in total. The van der Waals surface area contributed by atoms with Crippen molar-refractivity contribution in [2.24, 2.45) is 5.92 Å². The van der Waals surface area contributed by atoms with Gasteiger partial charge in [-0.05, 0) is 56.2 Å². The predicted octanol–water partition coefficient (Wildman–Crippen LogP) is 1.53. The molecule has 4 atom stereocenters. The lowest BCUT2D eigenvalue weighted by Gasteiger charge is -2.62. The van der Waals surface area contributed by atoms with E-state index < -0.39 is 17.1 Å². The summed E-state index contributed by atoms with van der Waals surface area (Å²) >= 11 is 0. The number of piperidine rings is 1.